The third-order valence-corrected chi connectivity index (χ3v) is 2.45. The molecule has 5 nitrogen and oxygen atoms in total. The molecule has 5 heteroatoms. The number of benzene rings is 1. The highest BCUT2D eigenvalue weighted by atomic mass is 16.5. The number of imide groups is 1. The summed E-state index contributed by atoms with van der Waals surface area (Å²) < 4.78 is 5.19. The lowest BCUT2D eigenvalue weighted by Crippen LogP contribution is -2.29. The third kappa shape index (κ3) is 2.11. The molecular formula is C12H10N2O3. The Labute approximate surface area is 98.2 Å². The van der Waals surface area contributed by atoms with Gasteiger partial charge in [-0.25, -0.2) is 4.90 Å². The van der Waals surface area contributed by atoms with Crippen molar-refractivity contribution in [3.63, 3.8) is 0 Å². The van der Waals surface area contributed by atoms with E-state index in [4.69, 9.17) is 10.00 Å². The van der Waals surface area contributed by atoms with Crippen LogP contribution in [0.1, 0.15) is 12.8 Å². The number of carbonyl (C=O) groups excluding carboxylic acids is 2. The quantitative estimate of drug-likeness (QED) is 0.732. The summed E-state index contributed by atoms with van der Waals surface area (Å²) in [6.07, 6.45) is 0.455. The number of amides is 2. The largest absolute Gasteiger partial charge is 0.477 e. The summed E-state index contributed by atoms with van der Waals surface area (Å²) in [7, 11) is 0. The molecule has 0 saturated carbocycles. The minimum atomic E-state index is -0.233. The van der Waals surface area contributed by atoms with Crippen molar-refractivity contribution in [3.05, 3.63) is 24.3 Å². The number of nitrogens with zero attached hydrogens (tertiary/aromatic N) is 2. The molecular weight excluding hydrogens is 220 g/mol. The van der Waals surface area contributed by atoms with Gasteiger partial charge in [0.05, 0.1) is 5.69 Å². The highest BCUT2D eigenvalue weighted by Gasteiger charge is 2.32. The Morgan fingerprint density at radius 2 is 1.88 bits per heavy atom. The van der Waals surface area contributed by atoms with Gasteiger partial charge in [0, 0.05) is 12.8 Å². The number of carbonyl (C=O) groups is 2. The lowest BCUT2D eigenvalue weighted by atomic mass is 10.2. The summed E-state index contributed by atoms with van der Waals surface area (Å²) >= 11 is 0. The Hall–Kier alpha value is -2.35. The zero-order valence-electron chi connectivity index (χ0n) is 9.05. The first-order chi connectivity index (χ1) is 8.24. The Bertz CT molecular complexity index is 489. The molecule has 1 saturated heterocycles. The summed E-state index contributed by atoms with van der Waals surface area (Å²) in [6, 6.07) is 8.55. The van der Waals surface area contributed by atoms with Crippen LogP contribution in [-0.4, -0.2) is 18.4 Å². The smallest absolute Gasteiger partial charge is 0.234 e. The molecule has 1 aromatic carbocycles. The monoisotopic (exact) mass is 230 g/mol. The first kappa shape index (κ1) is 11.1. The van der Waals surface area contributed by atoms with E-state index in [2.05, 4.69) is 0 Å². The molecule has 1 fully saturated rings. The Balaban J connectivity index is 2.34. The number of ether oxygens (including phenoxy) is 1. The van der Waals surface area contributed by atoms with Crippen LogP contribution in [0.15, 0.2) is 24.3 Å². The van der Waals surface area contributed by atoms with E-state index < -0.39 is 0 Å². The molecule has 0 aliphatic carbocycles. The first-order valence-electron chi connectivity index (χ1n) is 5.18. The van der Waals surface area contributed by atoms with E-state index >= 15 is 0 Å². The maximum atomic E-state index is 11.6. The zero-order chi connectivity index (χ0) is 12.3. The number of anilines is 1. The van der Waals surface area contributed by atoms with Crippen LogP contribution in [0.25, 0.3) is 0 Å². The maximum Gasteiger partial charge on any atom is 0.234 e. The van der Waals surface area contributed by atoms with Gasteiger partial charge in [-0.2, -0.15) is 5.26 Å². The van der Waals surface area contributed by atoms with Crippen LogP contribution in [0.5, 0.6) is 5.75 Å². The standard InChI is InChI=1S/C12H10N2O3/c13-7-8-17-10-4-2-1-3-9(10)14-11(15)5-6-12(14)16/h1-4H,5-6,8H2. The molecule has 1 aliphatic heterocycles. The van der Waals surface area contributed by atoms with Gasteiger partial charge < -0.3 is 4.74 Å². The van der Waals surface area contributed by atoms with Gasteiger partial charge in [-0.3, -0.25) is 9.59 Å². The van der Waals surface area contributed by atoms with Gasteiger partial charge in [-0.05, 0) is 12.1 Å². The fraction of sp³-hybridized carbons (Fsp3) is 0.250. The van der Waals surface area contributed by atoms with Crippen molar-refractivity contribution in [3.8, 4) is 11.8 Å². The molecule has 0 atom stereocenters. The van der Waals surface area contributed by atoms with Crippen molar-refractivity contribution in [2.24, 2.45) is 0 Å². The molecule has 1 aromatic rings. The van der Waals surface area contributed by atoms with Crippen molar-refractivity contribution in [2.45, 2.75) is 12.8 Å². The average Bonchev–Trinajstić information content (AvgIpc) is 2.67. The lowest BCUT2D eigenvalue weighted by molar-refractivity contribution is -0.121. The number of hydrogen-bond donors (Lipinski definition) is 0. The second-order valence-electron chi connectivity index (χ2n) is 3.54. The number of rotatable bonds is 3. The van der Waals surface area contributed by atoms with Crippen LogP contribution >= 0.6 is 0 Å². The van der Waals surface area contributed by atoms with Crippen molar-refractivity contribution in [2.75, 3.05) is 11.5 Å². The Morgan fingerprint density at radius 3 is 2.53 bits per heavy atom. The molecule has 2 amide bonds. The molecule has 0 radical (unpaired) electrons. The van der Waals surface area contributed by atoms with Gasteiger partial charge >= 0.3 is 0 Å². The van der Waals surface area contributed by atoms with Crippen LogP contribution in [0.3, 0.4) is 0 Å². The van der Waals surface area contributed by atoms with Gasteiger partial charge in [-0.15, -0.1) is 0 Å². The highest BCUT2D eigenvalue weighted by molar-refractivity contribution is 6.20. The normalized spacial score (nSPS) is 14.9. The number of nitriles is 1. The SMILES string of the molecule is N#CCOc1ccccc1N1C(=O)CCC1=O. The van der Waals surface area contributed by atoms with Gasteiger partial charge in [0.25, 0.3) is 0 Å². The third-order valence-electron chi connectivity index (χ3n) is 2.45. The van der Waals surface area contributed by atoms with E-state index in [9.17, 15) is 9.59 Å². The zero-order valence-corrected chi connectivity index (χ0v) is 9.05. The molecule has 2 rings (SSSR count). The molecule has 0 aromatic heterocycles. The second-order valence-corrected chi connectivity index (χ2v) is 3.54. The average molecular weight is 230 g/mol. The second kappa shape index (κ2) is 4.66. The lowest BCUT2D eigenvalue weighted by Gasteiger charge is -2.17. The molecule has 17 heavy (non-hydrogen) atoms. The van der Waals surface area contributed by atoms with Crippen LogP contribution in [-0.2, 0) is 9.59 Å². The predicted octanol–water partition coefficient (Wildman–Crippen LogP) is 1.24. The van der Waals surface area contributed by atoms with Crippen molar-refractivity contribution < 1.29 is 14.3 Å². The van der Waals surface area contributed by atoms with E-state index in [1.54, 1.807) is 24.3 Å². The van der Waals surface area contributed by atoms with Gasteiger partial charge in [0.2, 0.25) is 11.8 Å². The van der Waals surface area contributed by atoms with Gasteiger partial charge in [0.1, 0.15) is 11.8 Å². The predicted molar refractivity (Wildman–Crippen MR) is 59.3 cm³/mol. The fourth-order valence-corrected chi connectivity index (χ4v) is 1.72. The Kier molecular flexibility index (Phi) is 3.06. The van der Waals surface area contributed by atoms with E-state index in [1.165, 1.54) is 0 Å². The van der Waals surface area contributed by atoms with Gasteiger partial charge in [-0.1, -0.05) is 12.1 Å². The van der Waals surface area contributed by atoms with E-state index in [-0.39, 0.29) is 31.3 Å². The molecule has 86 valence electrons. The van der Waals surface area contributed by atoms with Crippen molar-refractivity contribution in [1.82, 2.24) is 0 Å². The molecule has 1 heterocycles. The van der Waals surface area contributed by atoms with Crippen LogP contribution < -0.4 is 9.64 Å². The number of hydrogen-bond acceptors (Lipinski definition) is 4. The molecule has 1 aliphatic rings. The van der Waals surface area contributed by atoms with Gasteiger partial charge in [0.15, 0.2) is 6.61 Å². The minimum Gasteiger partial charge on any atom is -0.477 e. The fourth-order valence-electron chi connectivity index (χ4n) is 1.72. The summed E-state index contributed by atoms with van der Waals surface area (Å²) in [5.41, 5.74) is 0.412. The number of para-hydroxylation sites is 2. The van der Waals surface area contributed by atoms with E-state index in [0.717, 1.165) is 4.90 Å². The first-order valence-corrected chi connectivity index (χ1v) is 5.18. The van der Waals surface area contributed by atoms with Crippen molar-refractivity contribution in [1.29, 1.82) is 5.26 Å². The highest BCUT2D eigenvalue weighted by Crippen LogP contribution is 2.31. The van der Waals surface area contributed by atoms with E-state index in [0.29, 0.717) is 11.4 Å². The summed E-state index contributed by atoms with van der Waals surface area (Å²) in [5, 5.41) is 8.47. The maximum absolute atomic E-state index is 11.6. The van der Waals surface area contributed by atoms with Crippen molar-refractivity contribution >= 4 is 17.5 Å². The van der Waals surface area contributed by atoms with E-state index in [1.807, 2.05) is 6.07 Å². The summed E-state index contributed by atoms with van der Waals surface area (Å²) in [6.45, 7) is -0.118. The molecule has 0 spiro atoms. The molecule has 0 unspecified atom stereocenters. The summed E-state index contributed by atoms with van der Waals surface area (Å²) in [4.78, 5) is 24.3. The molecule has 0 bridgehead atoms. The minimum absolute atomic E-state index is 0.118. The summed E-state index contributed by atoms with van der Waals surface area (Å²) in [5.74, 6) is -0.0938. The van der Waals surface area contributed by atoms with Crippen LogP contribution in [0.2, 0.25) is 0 Å². The van der Waals surface area contributed by atoms with Crippen LogP contribution in [0.4, 0.5) is 5.69 Å². The topological polar surface area (TPSA) is 70.4 Å². The molecule has 0 N–H and O–H groups in total. The Morgan fingerprint density at radius 1 is 1.24 bits per heavy atom. The van der Waals surface area contributed by atoms with Crippen LogP contribution in [0, 0.1) is 11.3 Å².